The molecule has 138 valence electrons. The number of hydrogen-bond acceptors (Lipinski definition) is 4. The van der Waals surface area contributed by atoms with Crippen LogP contribution in [0.2, 0.25) is 0 Å². The summed E-state index contributed by atoms with van der Waals surface area (Å²) in [6.45, 7) is 0.725. The summed E-state index contributed by atoms with van der Waals surface area (Å²) < 4.78 is 16.8. The van der Waals surface area contributed by atoms with Gasteiger partial charge in [-0.2, -0.15) is 0 Å². The highest BCUT2D eigenvalue weighted by molar-refractivity contribution is 9.10. The van der Waals surface area contributed by atoms with Crippen molar-refractivity contribution in [1.82, 2.24) is 4.90 Å². The van der Waals surface area contributed by atoms with E-state index in [4.69, 9.17) is 14.2 Å². The zero-order valence-electron chi connectivity index (χ0n) is 15.1. The molecular weight excluding hydrogens is 398 g/mol. The molecule has 0 aromatic heterocycles. The first kappa shape index (κ1) is 18.6. The molecule has 0 bridgehead atoms. The first-order valence-electron chi connectivity index (χ1n) is 8.45. The lowest BCUT2D eigenvalue weighted by Gasteiger charge is -2.27. The fraction of sp³-hybridized carbons (Fsp3) is 0.350. The number of carbonyl (C=O) groups is 1. The molecule has 6 heteroatoms. The van der Waals surface area contributed by atoms with Gasteiger partial charge in [-0.3, -0.25) is 4.79 Å². The van der Waals surface area contributed by atoms with Crippen molar-refractivity contribution in [2.45, 2.75) is 18.9 Å². The molecule has 0 saturated carbocycles. The van der Waals surface area contributed by atoms with E-state index in [2.05, 4.69) is 15.9 Å². The second kappa shape index (κ2) is 7.99. The lowest BCUT2D eigenvalue weighted by atomic mass is 10.0. The fourth-order valence-corrected chi connectivity index (χ4v) is 3.93. The number of carbonyl (C=O) groups excluding carboxylic acids is 1. The van der Waals surface area contributed by atoms with Crippen molar-refractivity contribution >= 4 is 21.8 Å². The van der Waals surface area contributed by atoms with E-state index in [-0.39, 0.29) is 11.9 Å². The molecule has 0 aliphatic carbocycles. The summed E-state index contributed by atoms with van der Waals surface area (Å²) in [6, 6.07) is 11.1. The topological polar surface area (TPSA) is 48.0 Å². The molecule has 1 atom stereocenters. The third kappa shape index (κ3) is 3.51. The highest BCUT2D eigenvalue weighted by Crippen LogP contribution is 2.39. The Morgan fingerprint density at radius 3 is 2.46 bits per heavy atom. The summed E-state index contributed by atoms with van der Waals surface area (Å²) in [6.07, 6.45) is 1.87. The van der Waals surface area contributed by atoms with Crippen molar-refractivity contribution in [1.29, 1.82) is 0 Å². The Morgan fingerprint density at radius 2 is 1.81 bits per heavy atom. The van der Waals surface area contributed by atoms with E-state index in [1.54, 1.807) is 33.5 Å². The average molecular weight is 420 g/mol. The van der Waals surface area contributed by atoms with E-state index in [1.807, 2.05) is 29.2 Å². The van der Waals surface area contributed by atoms with Gasteiger partial charge >= 0.3 is 0 Å². The van der Waals surface area contributed by atoms with Gasteiger partial charge in [0.1, 0.15) is 17.2 Å². The lowest BCUT2D eigenvalue weighted by molar-refractivity contribution is 0.0734. The molecule has 3 rings (SSSR count). The zero-order chi connectivity index (χ0) is 18.7. The highest BCUT2D eigenvalue weighted by Gasteiger charge is 2.32. The summed E-state index contributed by atoms with van der Waals surface area (Å²) >= 11 is 3.45. The number of amides is 1. The predicted octanol–water partition coefficient (Wildman–Crippen LogP) is 4.45. The average Bonchev–Trinajstić information content (AvgIpc) is 3.16. The Balaban J connectivity index is 1.91. The van der Waals surface area contributed by atoms with Crippen LogP contribution in [0.4, 0.5) is 0 Å². The van der Waals surface area contributed by atoms with E-state index in [9.17, 15) is 4.79 Å². The highest BCUT2D eigenvalue weighted by atomic mass is 79.9. The van der Waals surface area contributed by atoms with Gasteiger partial charge in [0, 0.05) is 23.7 Å². The van der Waals surface area contributed by atoms with Gasteiger partial charge in [0.15, 0.2) is 0 Å². The maximum absolute atomic E-state index is 13.1. The third-order valence-electron chi connectivity index (χ3n) is 4.71. The minimum atomic E-state index is -0.00997. The quantitative estimate of drug-likeness (QED) is 0.717. The number of nitrogens with zero attached hydrogens (tertiary/aromatic N) is 1. The lowest BCUT2D eigenvalue weighted by Crippen LogP contribution is -2.30. The molecule has 1 aliphatic rings. The minimum absolute atomic E-state index is 0.00808. The third-order valence-corrected chi connectivity index (χ3v) is 5.33. The van der Waals surface area contributed by atoms with Crippen LogP contribution in [0.1, 0.15) is 34.8 Å². The summed E-state index contributed by atoms with van der Waals surface area (Å²) in [5.41, 5.74) is 1.64. The van der Waals surface area contributed by atoms with Crippen LogP contribution in [0.25, 0.3) is 0 Å². The molecule has 1 amide bonds. The van der Waals surface area contributed by atoms with E-state index < -0.39 is 0 Å². The van der Waals surface area contributed by atoms with Gasteiger partial charge in [-0.25, -0.2) is 0 Å². The minimum Gasteiger partial charge on any atom is -0.497 e. The molecule has 0 radical (unpaired) electrons. The van der Waals surface area contributed by atoms with Crippen LogP contribution in [-0.2, 0) is 0 Å². The molecule has 1 heterocycles. The number of hydrogen-bond donors (Lipinski definition) is 0. The molecule has 1 saturated heterocycles. The van der Waals surface area contributed by atoms with Crippen molar-refractivity contribution < 1.29 is 19.0 Å². The summed E-state index contributed by atoms with van der Waals surface area (Å²) in [7, 11) is 4.87. The van der Waals surface area contributed by atoms with Crippen LogP contribution < -0.4 is 14.2 Å². The maximum Gasteiger partial charge on any atom is 0.254 e. The Bertz CT molecular complexity index is 808. The number of likely N-dealkylation sites (tertiary alicyclic amines) is 1. The van der Waals surface area contributed by atoms with Gasteiger partial charge < -0.3 is 19.1 Å². The van der Waals surface area contributed by atoms with E-state index >= 15 is 0 Å². The molecule has 2 aromatic rings. The number of ether oxygens (including phenoxy) is 3. The number of methoxy groups -OCH3 is 3. The van der Waals surface area contributed by atoms with Crippen LogP contribution in [0, 0.1) is 0 Å². The molecule has 5 nitrogen and oxygen atoms in total. The molecule has 26 heavy (non-hydrogen) atoms. The smallest absolute Gasteiger partial charge is 0.254 e. The van der Waals surface area contributed by atoms with E-state index in [0.29, 0.717) is 11.3 Å². The van der Waals surface area contributed by atoms with Gasteiger partial charge in [0.05, 0.1) is 31.8 Å². The number of rotatable bonds is 5. The Hall–Kier alpha value is -2.21. The van der Waals surface area contributed by atoms with E-state index in [0.717, 1.165) is 40.9 Å². The molecule has 2 aromatic carbocycles. The van der Waals surface area contributed by atoms with Crippen LogP contribution in [0.5, 0.6) is 17.2 Å². The normalized spacial score (nSPS) is 16.5. The van der Waals surface area contributed by atoms with Crippen molar-refractivity contribution in [2.24, 2.45) is 0 Å². The molecule has 1 aliphatic heterocycles. The molecule has 1 unspecified atom stereocenters. The Kier molecular flexibility index (Phi) is 5.71. The Labute approximate surface area is 162 Å². The first-order chi connectivity index (χ1) is 12.6. The monoisotopic (exact) mass is 419 g/mol. The summed E-state index contributed by atoms with van der Waals surface area (Å²) in [5.74, 6) is 2.19. The maximum atomic E-state index is 13.1. The predicted molar refractivity (Wildman–Crippen MR) is 103 cm³/mol. The van der Waals surface area contributed by atoms with Gasteiger partial charge in [0.25, 0.3) is 5.91 Å². The van der Waals surface area contributed by atoms with Gasteiger partial charge in [0.2, 0.25) is 0 Å². The SMILES string of the molecule is COc1ccc(C2CCCN2C(=O)c2ccc(OC)c(Br)c2)c(OC)c1. The van der Waals surface area contributed by atoms with Crippen LogP contribution in [0.15, 0.2) is 40.9 Å². The largest absolute Gasteiger partial charge is 0.497 e. The molecule has 0 spiro atoms. The van der Waals surface area contributed by atoms with Gasteiger partial charge in [-0.1, -0.05) is 0 Å². The molecule has 1 fully saturated rings. The van der Waals surface area contributed by atoms with Crippen LogP contribution in [0.3, 0.4) is 0 Å². The fourth-order valence-electron chi connectivity index (χ4n) is 3.39. The van der Waals surface area contributed by atoms with Gasteiger partial charge in [-0.15, -0.1) is 0 Å². The summed E-state index contributed by atoms with van der Waals surface area (Å²) in [4.78, 5) is 15.0. The second-order valence-corrected chi connectivity index (χ2v) is 6.97. The van der Waals surface area contributed by atoms with Gasteiger partial charge in [-0.05, 0) is 59.1 Å². The second-order valence-electron chi connectivity index (χ2n) is 6.11. The van der Waals surface area contributed by atoms with Crippen LogP contribution >= 0.6 is 15.9 Å². The van der Waals surface area contributed by atoms with Crippen molar-refractivity contribution in [3.05, 3.63) is 52.0 Å². The van der Waals surface area contributed by atoms with E-state index in [1.165, 1.54) is 0 Å². The Morgan fingerprint density at radius 1 is 1.04 bits per heavy atom. The van der Waals surface area contributed by atoms with Crippen molar-refractivity contribution in [3.8, 4) is 17.2 Å². The number of halogens is 1. The molecular formula is C20H22BrNO4. The first-order valence-corrected chi connectivity index (χ1v) is 9.24. The zero-order valence-corrected chi connectivity index (χ0v) is 16.7. The number of benzene rings is 2. The van der Waals surface area contributed by atoms with Crippen LogP contribution in [-0.4, -0.2) is 38.7 Å². The standard InChI is InChI=1S/C20H22BrNO4/c1-24-14-7-8-15(19(12-14)26-3)17-5-4-10-22(17)20(23)13-6-9-18(25-2)16(21)11-13/h6-9,11-12,17H,4-5,10H2,1-3H3. The molecule has 0 N–H and O–H groups in total. The van der Waals surface area contributed by atoms with Crippen molar-refractivity contribution in [3.63, 3.8) is 0 Å². The van der Waals surface area contributed by atoms with Crippen molar-refractivity contribution in [2.75, 3.05) is 27.9 Å². The summed E-state index contributed by atoms with van der Waals surface area (Å²) in [5, 5.41) is 0.